The van der Waals surface area contributed by atoms with Crippen LogP contribution < -0.4 is 5.32 Å². The standard InChI is InChI=1S/C31H55NO/c1-21(2)9-8-10-22(3)25-13-14-26-24-12-11-23-19-31(32-28(4,5)20-33-31)18-17-29(23,6)27(24)15-16-30(25,26)7/h21-27,32H,8-20H2,1-7H3/t22-,23+,24+,25-,26+,27+,29+,30-,31?/m1/s1. The topological polar surface area (TPSA) is 21.3 Å². The molecule has 1 aliphatic heterocycles. The van der Waals surface area contributed by atoms with Crippen LogP contribution in [0.2, 0.25) is 0 Å². The zero-order valence-electron chi connectivity index (χ0n) is 23.1. The zero-order valence-corrected chi connectivity index (χ0v) is 23.1. The van der Waals surface area contributed by atoms with E-state index < -0.39 is 0 Å². The maximum absolute atomic E-state index is 6.49. The number of hydrogen-bond donors (Lipinski definition) is 1. The second-order valence-corrected chi connectivity index (χ2v) is 15.2. The third-order valence-electron chi connectivity index (χ3n) is 12.2. The van der Waals surface area contributed by atoms with Gasteiger partial charge in [-0.15, -0.1) is 0 Å². The van der Waals surface area contributed by atoms with Gasteiger partial charge in [0.25, 0.3) is 0 Å². The van der Waals surface area contributed by atoms with Gasteiger partial charge in [0.2, 0.25) is 0 Å². The highest BCUT2D eigenvalue weighted by Gasteiger charge is 2.62. The molecule has 1 saturated heterocycles. The van der Waals surface area contributed by atoms with Crippen LogP contribution in [0.5, 0.6) is 0 Å². The molecule has 0 aromatic rings. The maximum Gasteiger partial charge on any atom is 0.120 e. The summed E-state index contributed by atoms with van der Waals surface area (Å²) in [6.07, 6.45) is 17.2. The first-order chi connectivity index (χ1) is 15.5. The van der Waals surface area contributed by atoms with E-state index in [9.17, 15) is 0 Å². The monoisotopic (exact) mass is 457 g/mol. The molecule has 1 spiro atoms. The first-order valence-electron chi connectivity index (χ1n) is 14.9. The van der Waals surface area contributed by atoms with Crippen molar-refractivity contribution in [1.82, 2.24) is 5.32 Å². The Morgan fingerprint density at radius 2 is 1.58 bits per heavy atom. The fourth-order valence-electron chi connectivity index (χ4n) is 10.5. The Hall–Kier alpha value is -0.0800. The van der Waals surface area contributed by atoms with Gasteiger partial charge in [-0.2, -0.15) is 0 Å². The minimum absolute atomic E-state index is 0.0203. The lowest BCUT2D eigenvalue weighted by Crippen LogP contribution is -2.59. The molecule has 4 aliphatic carbocycles. The molecule has 0 amide bonds. The van der Waals surface area contributed by atoms with Gasteiger partial charge in [0.15, 0.2) is 0 Å². The Balaban J connectivity index is 1.27. The van der Waals surface area contributed by atoms with Gasteiger partial charge in [-0.25, -0.2) is 0 Å². The molecule has 0 aromatic carbocycles. The number of rotatable bonds is 5. The van der Waals surface area contributed by atoms with E-state index in [1.807, 2.05) is 0 Å². The lowest BCUT2D eigenvalue weighted by Gasteiger charge is -2.62. The molecular weight excluding hydrogens is 402 g/mol. The predicted molar refractivity (Wildman–Crippen MR) is 139 cm³/mol. The van der Waals surface area contributed by atoms with Crippen LogP contribution >= 0.6 is 0 Å². The predicted octanol–water partition coefficient (Wildman–Crippen LogP) is 8.20. The molecule has 190 valence electrons. The van der Waals surface area contributed by atoms with Crippen molar-refractivity contribution in [3.05, 3.63) is 0 Å². The van der Waals surface area contributed by atoms with Crippen molar-refractivity contribution in [3.63, 3.8) is 0 Å². The first-order valence-corrected chi connectivity index (χ1v) is 14.9. The summed E-state index contributed by atoms with van der Waals surface area (Å²) < 4.78 is 6.49. The van der Waals surface area contributed by atoms with Crippen molar-refractivity contribution in [3.8, 4) is 0 Å². The molecule has 2 heteroatoms. The van der Waals surface area contributed by atoms with Crippen LogP contribution in [0.3, 0.4) is 0 Å². The Morgan fingerprint density at radius 1 is 0.818 bits per heavy atom. The van der Waals surface area contributed by atoms with E-state index in [1.165, 1.54) is 77.0 Å². The van der Waals surface area contributed by atoms with E-state index in [4.69, 9.17) is 4.74 Å². The van der Waals surface area contributed by atoms with Crippen LogP contribution in [-0.2, 0) is 4.74 Å². The highest BCUT2D eigenvalue weighted by Crippen LogP contribution is 2.69. The normalized spacial score (nSPS) is 49.6. The number of fused-ring (bicyclic) bond motifs is 5. The fourth-order valence-corrected chi connectivity index (χ4v) is 10.5. The second kappa shape index (κ2) is 8.50. The van der Waals surface area contributed by atoms with E-state index in [-0.39, 0.29) is 11.3 Å². The lowest BCUT2D eigenvalue weighted by atomic mass is 9.44. The van der Waals surface area contributed by atoms with Crippen molar-refractivity contribution in [1.29, 1.82) is 0 Å². The SMILES string of the molecule is CC(C)CCC[C@@H](C)[C@H]1CC[C@H]2[C@@H]3CC[C@H]4CC5(CC[C@]4(C)[C@H]3CC[C@]12C)NC(C)(C)CO5. The molecule has 9 atom stereocenters. The van der Waals surface area contributed by atoms with Crippen LogP contribution in [0, 0.1) is 52.3 Å². The molecule has 5 aliphatic rings. The molecule has 1 unspecified atom stereocenters. The number of hydrogen-bond acceptors (Lipinski definition) is 2. The van der Waals surface area contributed by atoms with Gasteiger partial charge >= 0.3 is 0 Å². The number of ether oxygens (including phenoxy) is 1. The smallest absolute Gasteiger partial charge is 0.120 e. The van der Waals surface area contributed by atoms with Gasteiger partial charge in [0, 0.05) is 5.54 Å². The van der Waals surface area contributed by atoms with E-state index >= 15 is 0 Å². The van der Waals surface area contributed by atoms with Gasteiger partial charge in [-0.05, 0) is 124 Å². The minimum atomic E-state index is -0.0203. The van der Waals surface area contributed by atoms with Crippen molar-refractivity contribution in [2.45, 2.75) is 137 Å². The summed E-state index contributed by atoms with van der Waals surface area (Å²) in [5.74, 6) is 6.59. The maximum atomic E-state index is 6.49. The third kappa shape index (κ3) is 4.16. The van der Waals surface area contributed by atoms with Crippen LogP contribution in [0.15, 0.2) is 0 Å². The quantitative estimate of drug-likeness (QED) is 0.449. The third-order valence-corrected chi connectivity index (χ3v) is 12.2. The molecule has 0 radical (unpaired) electrons. The Morgan fingerprint density at radius 3 is 2.27 bits per heavy atom. The Bertz CT molecular complexity index is 716. The molecule has 4 saturated carbocycles. The van der Waals surface area contributed by atoms with Crippen molar-refractivity contribution in [2.75, 3.05) is 6.61 Å². The van der Waals surface area contributed by atoms with Crippen LogP contribution in [0.1, 0.15) is 126 Å². The molecule has 5 fully saturated rings. The molecule has 0 bridgehead atoms. The highest BCUT2D eigenvalue weighted by atomic mass is 16.5. The number of nitrogens with one attached hydrogen (secondary N) is 1. The Kier molecular flexibility index (Phi) is 6.34. The zero-order chi connectivity index (χ0) is 23.6. The average Bonchev–Trinajstić information content (AvgIpc) is 3.24. The second-order valence-electron chi connectivity index (χ2n) is 15.2. The first kappa shape index (κ1) is 24.6. The van der Waals surface area contributed by atoms with Crippen LogP contribution in [-0.4, -0.2) is 17.9 Å². The summed E-state index contributed by atoms with van der Waals surface area (Å²) in [5.41, 5.74) is 1.29. The van der Waals surface area contributed by atoms with Crippen molar-refractivity contribution >= 4 is 0 Å². The van der Waals surface area contributed by atoms with E-state index in [1.54, 1.807) is 0 Å². The van der Waals surface area contributed by atoms with E-state index in [2.05, 4.69) is 53.8 Å². The summed E-state index contributed by atoms with van der Waals surface area (Å²) in [4.78, 5) is 0. The molecule has 1 heterocycles. The largest absolute Gasteiger partial charge is 0.359 e. The molecule has 0 aromatic heterocycles. The van der Waals surface area contributed by atoms with Crippen molar-refractivity contribution < 1.29 is 4.74 Å². The van der Waals surface area contributed by atoms with Gasteiger partial charge in [-0.3, -0.25) is 5.32 Å². The fraction of sp³-hybridized carbons (Fsp3) is 1.00. The molecule has 33 heavy (non-hydrogen) atoms. The van der Waals surface area contributed by atoms with Crippen LogP contribution in [0.25, 0.3) is 0 Å². The van der Waals surface area contributed by atoms with Crippen molar-refractivity contribution in [2.24, 2.45) is 52.3 Å². The molecular formula is C31H55NO. The molecule has 5 rings (SSSR count). The molecule has 2 nitrogen and oxygen atoms in total. The highest BCUT2D eigenvalue weighted by molar-refractivity contribution is 5.12. The Labute approximate surface area is 205 Å². The van der Waals surface area contributed by atoms with E-state index in [0.29, 0.717) is 10.8 Å². The molecule has 1 N–H and O–H groups in total. The summed E-state index contributed by atoms with van der Waals surface area (Å²) in [7, 11) is 0. The summed E-state index contributed by atoms with van der Waals surface area (Å²) >= 11 is 0. The average molecular weight is 458 g/mol. The summed E-state index contributed by atoms with van der Waals surface area (Å²) in [6, 6.07) is 0. The minimum Gasteiger partial charge on any atom is -0.359 e. The summed E-state index contributed by atoms with van der Waals surface area (Å²) in [5, 5.41) is 3.93. The lowest BCUT2D eigenvalue weighted by molar-refractivity contribution is -0.160. The van der Waals surface area contributed by atoms with Gasteiger partial charge < -0.3 is 4.74 Å². The van der Waals surface area contributed by atoms with Crippen LogP contribution in [0.4, 0.5) is 0 Å². The summed E-state index contributed by atoms with van der Waals surface area (Å²) in [6.45, 7) is 18.3. The van der Waals surface area contributed by atoms with E-state index in [0.717, 1.165) is 48.0 Å². The van der Waals surface area contributed by atoms with Gasteiger partial charge in [0.1, 0.15) is 5.72 Å². The van der Waals surface area contributed by atoms with Gasteiger partial charge in [-0.1, -0.05) is 53.9 Å². The van der Waals surface area contributed by atoms with Gasteiger partial charge in [0.05, 0.1) is 6.61 Å².